The Balaban J connectivity index is 2.67. The largest absolute Gasteiger partial charge is 0.389 e. The summed E-state index contributed by atoms with van der Waals surface area (Å²) in [5.74, 6) is 0.973. The topological polar surface area (TPSA) is 50.9 Å². The summed E-state index contributed by atoms with van der Waals surface area (Å²) < 4.78 is 15.6. The SMILES string of the molecule is CCc1nc(CC)n(-c2c(F)cccc2C(C)O)n1. The van der Waals surface area contributed by atoms with Gasteiger partial charge in [0.15, 0.2) is 5.82 Å². The fourth-order valence-corrected chi connectivity index (χ4v) is 2.04. The highest BCUT2D eigenvalue weighted by Crippen LogP contribution is 2.25. The Morgan fingerprint density at radius 1 is 1.32 bits per heavy atom. The number of aliphatic hydroxyl groups excluding tert-OH is 1. The van der Waals surface area contributed by atoms with Gasteiger partial charge in [0, 0.05) is 18.4 Å². The van der Waals surface area contributed by atoms with Gasteiger partial charge in [-0.3, -0.25) is 0 Å². The second kappa shape index (κ2) is 5.48. The highest BCUT2D eigenvalue weighted by Gasteiger charge is 2.18. The van der Waals surface area contributed by atoms with Crippen LogP contribution in [0.4, 0.5) is 4.39 Å². The maximum atomic E-state index is 14.1. The fraction of sp³-hybridized carbons (Fsp3) is 0.429. The van der Waals surface area contributed by atoms with Crippen molar-refractivity contribution < 1.29 is 9.50 Å². The molecule has 1 heterocycles. The zero-order valence-electron chi connectivity index (χ0n) is 11.4. The molecule has 19 heavy (non-hydrogen) atoms. The van der Waals surface area contributed by atoms with Crippen molar-refractivity contribution in [3.8, 4) is 5.69 Å². The van der Waals surface area contributed by atoms with E-state index in [2.05, 4.69) is 10.1 Å². The number of nitrogens with zero attached hydrogens (tertiary/aromatic N) is 3. The maximum Gasteiger partial charge on any atom is 0.151 e. The summed E-state index contributed by atoms with van der Waals surface area (Å²) >= 11 is 0. The highest BCUT2D eigenvalue weighted by molar-refractivity contribution is 5.43. The molecule has 0 saturated heterocycles. The smallest absolute Gasteiger partial charge is 0.151 e. The monoisotopic (exact) mass is 263 g/mol. The summed E-state index contributed by atoms with van der Waals surface area (Å²) in [6.07, 6.45) is 0.587. The van der Waals surface area contributed by atoms with Crippen molar-refractivity contribution in [1.29, 1.82) is 0 Å². The van der Waals surface area contributed by atoms with Crippen LogP contribution in [0, 0.1) is 5.82 Å². The number of para-hydroxylation sites is 1. The lowest BCUT2D eigenvalue weighted by Gasteiger charge is -2.14. The van der Waals surface area contributed by atoms with Crippen LogP contribution in [0.2, 0.25) is 0 Å². The van der Waals surface area contributed by atoms with E-state index in [-0.39, 0.29) is 0 Å². The van der Waals surface area contributed by atoms with Gasteiger partial charge in [-0.25, -0.2) is 14.1 Å². The predicted molar refractivity (Wildman–Crippen MR) is 70.7 cm³/mol. The molecule has 102 valence electrons. The highest BCUT2D eigenvalue weighted by atomic mass is 19.1. The van der Waals surface area contributed by atoms with Gasteiger partial charge in [0.05, 0.1) is 6.10 Å². The number of aromatic nitrogens is 3. The van der Waals surface area contributed by atoms with E-state index in [0.29, 0.717) is 35.7 Å². The number of hydrogen-bond acceptors (Lipinski definition) is 3. The van der Waals surface area contributed by atoms with Gasteiger partial charge in [0.2, 0.25) is 0 Å². The molecule has 0 spiro atoms. The Morgan fingerprint density at radius 3 is 2.63 bits per heavy atom. The third-order valence-corrected chi connectivity index (χ3v) is 3.03. The molecule has 0 aliphatic heterocycles. The predicted octanol–water partition coefficient (Wildman–Crippen LogP) is 2.58. The van der Waals surface area contributed by atoms with Crippen molar-refractivity contribution in [3.05, 3.63) is 41.2 Å². The first-order valence-corrected chi connectivity index (χ1v) is 6.50. The number of rotatable bonds is 4. The second-order valence-electron chi connectivity index (χ2n) is 4.42. The van der Waals surface area contributed by atoms with Crippen LogP contribution in [-0.4, -0.2) is 19.9 Å². The van der Waals surface area contributed by atoms with Crippen LogP contribution in [0.15, 0.2) is 18.2 Å². The van der Waals surface area contributed by atoms with Crippen molar-refractivity contribution in [2.24, 2.45) is 0 Å². The van der Waals surface area contributed by atoms with E-state index in [0.717, 1.165) is 0 Å². The second-order valence-corrected chi connectivity index (χ2v) is 4.42. The first kappa shape index (κ1) is 13.7. The van der Waals surface area contributed by atoms with Crippen LogP contribution >= 0.6 is 0 Å². The molecule has 0 amide bonds. The average Bonchev–Trinajstić information content (AvgIpc) is 2.81. The van der Waals surface area contributed by atoms with E-state index in [9.17, 15) is 9.50 Å². The van der Waals surface area contributed by atoms with Crippen LogP contribution in [-0.2, 0) is 12.8 Å². The summed E-state index contributed by atoms with van der Waals surface area (Å²) in [6.45, 7) is 5.51. The van der Waals surface area contributed by atoms with Gasteiger partial charge in [-0.2, -0.15) is 5.10 Å². The minimum Gasteiger partial charge on any atom is -0.389 e. The molecule has 1 aromatic carbocycles. The molecule has 1 N–H and O–H groups in total. The van der Waals surface area contributed by atoms with E-state index < -0.39 is 11.9 Å². The summed E-state index contributed by atoms with van der Waals surface area (Å²) in [5.41, 5.74) is 0.809. The van der Waals surface area contributed by atoms with Gasteiger partial charge in [-0.1, -0.05) is 26.0 Å². The summed E-state index contributed by atoms with van der Waals surface area (Å²) in [7, 11) is 0. The molecule has 0 aliphatic carbocycles. The molecule has 0 bridgehead atoms. The minimum atomic E-state index is -0.760. The zero-order valence-corrected chi connectivity index (χ0v) is 11.4. The Hall–Kier alpha value is -1.75. The number of halogens is 1. The molecule has 2 aromatic rings. The molecule has 1 aromatic heterocycles. The van der Waals surface area contributed by atoms with E-state index in [4.69, 9.17) is 0 Å². The molecule has 2 rings (SSSR count). The number of benzene rings is 1. The summed E-state index contributed by atoms with van der Waals surface area (Å²) in [5, 5.41) is 14.1. The molecule has 0 radical (unpaired) electrons. The third-order valence-electron chi connectivity index (χ3n) is 3.03. The van der Waals surface area contributed by atoms with Crippen LogP contribution in [0.1, 0.15) is 44.1 Å². The summed E-state index contributed by atoms with van der Waals surface area (Å²) in [4.78, 5) is 4.37. The molecular weight excluding hydrogens is 245 g/mol. The molecular formula is C14H18FN3O. The Kier molecular flexibility index (Phi) is 3.95. The molecule has 0 saturated carbocycles. The van der Waals surface area contributed by atoms with Crippen molar-refractivity contribution in [2.45, 2.75) is 39.7 Å². The van der Waals surface area contributed by atoms with E-state index in [1.165, 1.54) is 10.7 Å². The van der Waals surface area contributed by atoms with Gasteiger partial charge in [0.25, 0.3) is 0 Å². The fourth-order valence-electron chi connectivity index (χ4n) is 2.04. The Labute approximate surface area is 111 Å². The van der Waals surface area contributed by atoms with E-state index in [1.807, 2.05) is 13.8 Å². The van der Waals surface area contributed by atoms with E-state index >= 15 is 0 Å². The molecule has 1 atom stereocenters. The van der Waals surface area contributed by atoms with Crippen LogP contribution < -0.4 is 0 Å². The number of aliphatic hydroxyl groups is 1. The van der Waals surface area contributed by atoms with Crippen LogP contribution in [0.25, 0.3) is 5.69 Å². The first-order valence-electron chi connectivity index (χ1n) is 6.50. The van der Waals surface area contributed by atoms with Gasteiger partial charge >= 0.3 is 0 Å². The number of hydrogen-bond donors (Lipinski definition) is 1. The lowest BCUT2D eigenvalue weighted by atomic mass is 10.1. The molecule has 0 aliphatic rings. The van der Waals surface area contributed by atoms with Crippen LogP contribution in [0.3, 0.4) is 0 Å². The normalized spacial score (nSPS) is 12.7. The van der Waals surface area contributed by atoms with Gasteiger partial charge in [-0.15, -0.1) is 0 Å². The third kappa shape index (κ3) is 2.51. The van der Waals surface area contributed by atoms with Gasteiger partial charge in [0.1, 0.15) is 17.3 Å². The molecule has 0 fully saturated rings. The lowest BCUT2D eigenvalue weighted by Crippen LogP contribution is -2.10. The zero-order chi connectivity index (χ0) is 14.0. The Morgan fingerprint density at radius 2 is 2.05 bits per heavy atom. The summed E-state index contributed by atoms with van der Waals surface area (Å²) in [6, 6.07) is 4.66. The van der Waals surface area contributed by atoms with Crippen LogP contribution in [0.5, 0.6) is 0 Å². The first-order chi connectivity index (χ1) is 9.08. The average molecular weight is 263 g/mol. The van der Waals surface area contributed by atoms with Crippen molar-refractivity contribution in [3.63, 3.8) is 0 Å². The lowest BCUT2D eigenvalue weighted by molar-refractivity contribution is 0.198. The van der Waals surface area contributed by atoms with Crippen molar-refractivity contribution in [1.82, 2.24) is 14.8 Å². The maximum absolute atomic E-state index is 14.1. The molecule has 5 heteroatoms. The Bertz CT molecular complexity index is 578. The minimum absolute atomic E-state index is 0.293. The van der Waals surface area contributed by atoms with E-state index in [1.54, 1.807) is 19.1 Å². The standard InChI is InChI=1S/C14H18FN3O/c1-4-12-16-13(5-2)18(17-12)14-10(9(3)19)7-6-8-11(14)15/h6-9,19H,4-5H2,1-3H3. The number of aryl methyl sites for hydroxylation is 2. The van der Waals surface area contributed by atoms with Gasteiger partial charge < -0.3 is 5.11 Å². The molecule has 1 unspecified atom stereocenters. The van der Waals surface area contributed by atoms with Gasteiger partial charge in [-0.05, 0) is 13.0 Å². The van der Waals surface area contributed by atoms with Crippen molar-refractivity contribution in [2.75, 3.05) is 0 Å². The quantitative estimate of drug-likeness (QED) is 0.922. The van der Waals surface area contributed by atoms with Crippen molar-refractivity contribution >= 4 is 0 Å². The molecule has 4 nitrogen and oxygen atoms in total.